The summed E-state index contributed by atoms with van der Waals surface area (Å²) >= 11 is 0. The number of rotatable bonds is 2. The van der Waals surface area contributed by atoms with E-state index in [1.165, 1.54) is 0 Å². The molecule has 2 aromatic heterocycles. The quantitative estimate of drug-likeness (QED) is 0.894. The van der Waals surface area contributed by atoms with Crippen LogP contribution in [-0.2, 0) is 6.42 Å². The maximum Gasteiger partial charge on any atom is 0.271 e. The van der Waals surface area contributed by atoms with Crippen molar-refractivity contribution in [2.45, 2.75) is 45.1 Å². The molecule has 4 rings (SSSR count). The number of hydrogen-bond acceptors (Lipinski definition) is 2. The summed E-state index contributed by atoms with van der Waals surface area (Å²) in [6, 6.07) is 4.10. The van der Waals surface area contributed by atoms with E-state index in [-0.39, 0.29) is 17.7 Å². The van der Waals surface area contributed by atoms with E-state index in [0.29, 0.717) is 12.1 Å². The third kappa shape index (κ3) is 2.22. The molecule has 0 radical (unpaired) electrons. The third-order valence-corrected chi connectivity index (χ3v) is 5.15. The number of carbonyl (C=O) groups is 2. The predicted octanol–water partition coefficient (Wildman–Crippen LogP) is 3.15. The molecule has 0 saturated carbocycles. The maximum absolute atomic E-state index is 13.1. The van der Waals surface area contributed by atoms with Crippen molar-refractivity contribution in [1.82, 2.24) is 14.9 Å². The first-order valence-corrected chi connectivity index (χ1v) is 8.35. The number of Topliss-reactive ketones (excluding diaryl/α,β-unsaturated/α-hetero) is 1. The van der Waals surface area contributed by atoms with Crippen LogP contribution in [0.2, 0.25) is 0 Å². The van der Waals surface area contributed by atoms with Gasteiger partial charge < -0.3 is 14.9 Å². The Hall–Kier alpha value is -2.30. The van der Waals surface area contributed by atoms with Gasteiger partial charge in [-0.3, -0.25) is 9.59 Å². The highest BCUT2D eigenvalue weighted by atomic mass is 16.2. The molecule has 23 heavy (non-hydrogen) atoms. The minimum Gasteiger partial charge on any atom is -0.363 e. The minimum atomic E-state index is 0.0156. The molecule has 0 aromatic carbocycles. The number of aromatic amines is 2. The van der Waals surface area contributed by atoms with E-state index >= 15 is 0 Å². The Kier molecular flexibility index (Phi) is 3.36. The van der Waals surface area contributed by atoms with Gasteiger partial charge in [0.15, 0.2) is 5.78 Å². The molecule has 1 amide bonds. The number of ketones is 1. The zero-order chi connectivity index (χ0) is 16.0. The average molecular weight is 311 g/mol. The van der Waals surface area contributed by atoms with Crippen LogP contribution >= 0.6 is 0 Å². The monoisotopic (exact) mass is 311 g/mol. The highest BCUT2D eigenvalue weighted by Gasteiger charge is 2.34. The fraction of sp³-hybridized carbons (Fsp3) is 0.444. The summed E-state index contributed by atoms with van der Waals surface area (Å²) in [4.78, 5) is 33.6. The summed E-state index contributed by atoms with van der Waals surface area (Å²) < 4.78 is 0. The first-order valence-electron chi connectivity index (χ1n) is 8.35. The Labute approximate surface area is 135 Å². The van der Waals surface area contributed by atoms with Crippen molar-refractivity contribution < 1.29 is 9.59 Å². The summed E-state index contributed by atoms with van der Waals surface area (Å²) in [5, 5.41) is 0. The van der Waals surface area contributed by atoms with Crippen molar-refractivity contribution in [3.05, 3.63) is 46.5 Å². The lowest BCUT2D eigenvalue weighted by Gasteiger charge is -2.24. The number of nitrogens with one attached hydrogen (secondary N) is 2. The fourth-order valence-corrected chi connectivity index (χ4v) is 4.02. The summed E-state index contributed by atoms with van der Waals surface area (Å²) in [6.07, 6.45) is 6.20. The van der Waals surface area contributed by atoms with Crippen molar-refractivity contribution in [3.8, 4) is 0 Å². The Morgan fingerprint density at radius 3 is 2.91 bits per heavy atom. The van der Waals surface area contributed by atoms with Gasteiger partial charge in [-0.2, -0.15) is 0 Å². The topological polar surface area (TPSA) is 69.0 Å². The Balaban J connectivity index is 1.68. The van der Waals surface area contributed by atoms with Crippen molar-refractivity contribution >= 4 is 11.7 Å². The van der Waals surface area contributed by atoms with E-state index < -0.39 is 0 Å². The van der Waals surface area contributed by atoms with Crippen LogP contribution in [0.1, 0.15) is 69.5 Å². The average Bonchev–Trinajstić information content (AvgIpc) is 3.26. The minimum absolute atomic E-state index is 0.0156. The third-order valence-electron chi connectivity index (χ3n) is 5.15. The van der Waals surface area contributed by atoms with Gasteiger partial charge >= 0.3 is 0 Å². The molecule has 1 atom stereocenters. The van der Waals surface area contributed by atoms with Gasteiger partial charge in [0.1, 0.15) is 5.69 Å². The molecule has 2 N–H and O–H groups in total. The molecular weight excluding hydrogens is 290 g/mol. The lowest BCUT2D eigenvalue weighted by atomic mass is 9.93. The molecule has 1 saturated heterocycles. The molecule has 5 nitrogen and oxygen atoms in total. The Bertz CT molecular complexity index is 758. The van der Waals surface area contributed by atoms with E-state index in [9.17, 15) is 9.59 Å². The van der Waals surface area contributed by atoms with E-state index in [2.05, 4.69) is 9.97 Å². The molecule has 2 aromatic rings. The largest absolute Gasteiger partial charge is 0.363 e. The first-order chi connectivity index (χ1) is 11.2. The van der Waals surface area contributed by atoms with Gasteiger partial charge in [-0.25, -0.2) is 0 Å². The highest BCUT2D eigenvalue weighted by molar-refractivity contribution is 6.04. The summed E-state index contributed by atoms with van der Waals surface area (Å²) in [6.45, 7) is 2.66. The molecule has 120 valence electrons. The van der Waals surface area contributed by atoms with Crippen LogP contribution in [-0.4, -0.2) is 33.1 Å². The second-order valence-corrected chi connectivity index (χ2v) is 6.54. The van der Waals surface area contributed by atoms with Gasteiger partial charge in [0, 0.05) is 36.1 Å². The molecule has 0 spiro atoms. The van der Waals surface area contributed by atoms with Crippen LogP contribution in [0.15, 0.2) is 18.3 Å². The number of amides is 1. The smallest absolute Gasteiger partial charge is 0.271 e. The van der Waals surface area contributed by atoms with Crippen LogP contribution < -0.4 is 0 Å². The van der Waals surface area contributed by atoms with Crippen molar-refractivity contribution in [2.75, 3.05) is 6.54 Å². The molecule has 1 aliphatic heterocycles. The lowest BCUT2D eigenvalue weighted by Crippen LogP contribution is -2.31. The van der Waals surface area contributed by atoms with E-state index in [1.54, 1.807) is 0 Å². The standard InChI is InChI=1S/C18H21N3O2/c1-11-16-13(5-2-8-15(16)22)20-17(11)18(23)21-10-4-7-14(21)12-6-3-9-19-12/h3,6,9,14,19-20H,2,4-5,7-8,10H2,1H3. The number of likely N-dealkylation sites (tertiary alicyclic amines) is 1. The van der Waals surface area contributed by atoms with E-state index in [1.807, 2.05) is 30.2 Å². The number of hydrogen-bond donors (Lipinski definition) is 2. The second-order valence-electron chi connectivity index (χ2n) is 6.54. The van der Waals surface area contributed by atoms with Gasteiger partial charge in [-0.1, -0.05) is 0 Å². The van der Waals surface area contributed by atoms with Crippen LogP contribution in [0.5, 0.6) is 0 Å². The van der Waals surface area contributed by atoms with E-state index in [0.717, 1.165) is 54.7 Å². The number of H-pyrrole nitrogens is 2. The number of aromatic nitrogens is 2. The zero-order valence-corrected chi connectivity index (χ0v) is 13.3. The van der Waals surface area contributed by atoms with Gasteiger partial charge in [0.2, 0.25) is 0 Å². The number of fused-ring (bicyclic) bond motifs is 1. The van der Waals surface area contributed by atoms with Crippen molar-refractivity contribution in [1.29, 1.82) is 0 Å². The highest BCUT2D eigenvalue weighted by Crippen LogP contribution is 2.34. The predicted molar refractivity (Wildman–Crippen MR) is 86.6 cm³/mol. The zero-order valence-electron chi connectivity index (χ0n) is 13.3. The SMILES string of the molecule is Cc1c(C(=O)N2CCCC2c2ccc[nH]2)[nH]c2c1C(=O)CCC2. The fourth-order valence-electron chi connectivity index (χ4n) is 4.02. The van der Waals surface area contributed by atoms with Gasteiger partial charge in [-0.05, 0) is 50.3 Å². The number of aryl methyl sites for hydroxylation is 1. The maximum atomic E-state index is 13.1. The first kappa shape index (κ1) is 14.3. The van der Waals surface area contributed by atoms with Gasteiger partial charge in [-0.15, -0.1) is 0 Å². The van der Waals surface area contributed by atoms with Crippen LogP contribution in [0.4, 0.5) is 0 Å². The molecular formula is C18H21N3O2. The van der Waals surface area contributed by atoms with Crippen molar-refractivity contribution in [3.63, 3.8) is 0 Å². The molecule has 1 aliphatic carbocycles. The normalized spacial score (nSPS) is 20.8. The summed E-state index contributed by atoms with van der Waals surface area (Å²) in [5.41, 5.74) is 4.21. The van der Waals surface area contributed by atoms with Gasteiger partial charge in [0.25, 0.3) is 5.91 Å². The molecule has 3 heterocycles. The second kappa shape index (κ2) is 5.41. The molecule has 5 heteroatoms. The van der Waals surface area contributed by atoms with Crippen LogP contribution in [0.25, 0.3) is 0 Å². The number of carbonyl (C=O) groups excluding carboxylic acids is 2. The molecule has 2 aliphatic rings. The molecule has 1 unspecified atom stereocenters. The van der Waals surface area contributed by atoms with E-state index in [4.69, 9.17) is 0 Å². The molecule has 0 bridgehead atoms. The lowest BCUT2D eigenvalue weighted by molar-refractivity contribution is 0.0727. The summed E-state index contributed by atoms with van der Waals surface area (Å²) in [5.74, 6) is 0.184. The number of nitrogens with zero attached hydrogens (tertiary/aromatic N) is 1. The summed E-state index contributed by atoms with van der Waals surface area (Å²) in [7, 11) is 0. The Morgan fingerprint density at radius 1 is 1.30 bits per heavy atom. The molecule has 1 fully saturated rings. The van der Waals surface area contributed by atoms with Gasteiger partial charge in [0.05, 0.1) is 6.04 Å². The van der Waals surface area contributed by atoms with Crippen LogP contribution in [0, 0.1) is 6.92 Å². The van der Waals surface area contributed by atoms with Crippen molar-refractivity contribution in [2.24, 2.45) is 0 Å². The van der Waals surface area contributed by atoms with Crippen LogP contribution in [0.3, 0.4) is 0 Å². The Morgan fingerprint density at radius 2 is 2.17 bits per heavy atom.